The zero-order valence-corrected chi connectivity index (χ0v) is 16.3. The van der Waals surface area contributed by atoms with E-state index in [4.69, 9.17) is 5.84 Å². The van der Waals surface area contributed by atoms with Crippen molar-refractivity contribution in [2.24, 2.45) is 5.84 Å². The standard InChI is InChI=1S/C17H28N6S2/c18-22-8-4-21(5-9-22)17-13-15(14-25-17)19-23-10-6-20(7-11-23)16-3-1-2-12-24-16/h3,13-14,19H,1-2,4-12,18H2. The van der Waals surface area contributed by atoms with Crippen molar-refractivity contribution in [2.45, 2.75) is 12.8 Å². The van der Waals surface area contributed by atoms with Crippen LogP contribution in [-0.4, -0.2) is 73.0 Å². The van der Waals surface area contributed by atoms with Crippen LogP contribution in [0.2, 0.25) is 0 Å². The zero-order valence-electron chi connectivity index (χ0n) is 14.7. The van der Waals surface area contributed by atoms with Gasteiger partial charge in [-0.15, -0.1) is 23.1 Å². The smallest absolute Gasteiger partial charge is 0.0931 e. The zero-order chi connectivity index (χ0) is 17.1. The highest BCUT2D eigenvalue weighted by atomic mass is 32.2. The Hall–Kier alpha value is -0.930. The predicted molar refractivity (Wildman–Crippen MR) is 109 cm³/mol. The van der Waals surface area contributed by atoms with Crippen molar-refractivity contribution < 1.29 is 0 Å². The molecule has 3 N–H and O–H groups in total. The van der Waals surface area contributed by atoms with E-state index in [1.54, 1.807) is 0 Å². The highest BCUT2D eigenvalue weighted by Gasteiger charge is 2.21. The number of nitrogens with two attached hydrogens (primary N) is 1. The lowest BCUT2D eigenvalue weighted by molar-refractivity contribution is 0.192. The first-order chi connectivity index (χ1) is 12.3. The van der Waals surface area contributed by atoms with Crippen LogP contribution < -0.4 is 16.2 Å². The van der Waals surface area contributed by atoms with E-state index in [0.29, 0.717) is 0 Å². The Labute approximate surface area is 158 Å². The van der Waals surface area contributed by atoms with Gasteiger partial charge in [-0.2, -0.15) is 0 Å². The average molecular weight is 381 g/mol. The third-order valence-corrected chi connectivity index (χ3v) is 7.21. The maximum atomic E-state index is 5.85. The van der Waals surface area contributed by atoms with E-state index in [0.717, 1.165) is 52.4 Å². The van der Waals surface area contributed by atoms with Gasteiger partial charge in [-0.3, -0.25) is 5.84 Å². The molecule has 0 atom stereocenters. The van der Waals surface area contributed by atoms with Gasteiger partial charge >= 0.3 is 0 Å². The summed E-state index contributed by atoms with van der Waals surface area (Å²) in [5.41, 5.74) is 4.82. The molecule has 0 aromatic carbocycles. The fourth-order valence-corrected chi connectivity index (χ4v) is 5.49. The highest BCUT2D eigenvalue weighted by Crippen LogP contribution is 2.30. The monoisotopic (exact) mass is 380 g/mol. The minimum absolute atomic E-state index is 0.941. The highest BCUT2D eigenvalue weighted by molar-refractivity contribution is 8.03. The van der Waals surface area contributed by atoms with E-state index in [2.05, 4.69) is 37.8 Å². The number of anilines is 2. The number of thioether (sulfide) groups is 1. The normalized spacial score (nSPS) is 23.6. The first kappa shape index (κ1) is 17.5. The van der Waals surface area contributed by atoms with Crippen molar-refractivity contribution in [3.8, 4) is 0 Å². The first-order valence-electron chi connectivity index (χ1n) is 9.20. The molecular weight excluding hydrogens is 352 g/mol. The van der Waals surface area contributed by atoms with Crippen LogP contribution in [0.3, 0.4) is 0 Å². The minimum Gasteiger partial charge on any atom is -0.364 e. The molecule has 138 valence electrons. The molecule has 25 heavy (non-hydrogen) atoms. The number of hydrazine groups is 2. The molecule has 4 rings (SSSR count). The summed E-state index contributed by atoms with van der Waals surface area (Å²) in [6.45, 7) is 8.27. The third kappa shape index (κ3) is 4.43. The Morgan fingerprint density at radius 2 is 1.72 bits per heavy atom. The maximum absolute atomic E-state index is 5.85. The molecule has 0 aliphatic carbocycles. The summed E-state index contributed by atoms with van der Waals surface area (Å²) in [5, 5.41) is 9.34. The second kappa shape index (κ2) is 8.18. The van der Waals surface area contributed by atoms with Crippen LogP contribution in [0.15, 0.2) is 22.6 Å². The van der Waals surface area contributed by atoms with Crippen LogP contribution in [0.4, 0.5) is 10.7 Å². The summed E-state index contributed by atoms with van der Waals surface area (Å²) in [5.74, 6) is 7.13. The molecule has 0 amide bonds. The van der Waals surface area contributed by atoms with Crippen molar-refractivity contribution in [1.82, 2.24) is 14.9 Å². The van der Waals surface area contributed by atoms with Crippen molar-refractivity contribution in [3.05, 3.63) is 22.6 Å². The van der Waals surface area contributed by atoms with Crippen LogP contribution in [0.25, 0.3) is 0 Å². The summed E-state index contributed by atoms with van der Waals surface area (Å²) in [7, 11) is 0. The van der Waals surface area contributed by atoms with E-state index in [1.807, 2.05) is 28.1 Å². The Bertz CT molecular complexity index is 588. The molecule has 2 fully saturated rings. The third-order valence-electron chi connectivity index (χ3n) is 5.01. The number of nitrogens with zero attached hydrogens (tertiary/aromatic N) is 4. The maximum Gasteiger partial charge on any atom is 0.0931 e. The van der Waals surface area contributed by atoms with Crippen molar-refractivity contribution in [3.63, 3.8) is 0 Å². The molecular formula is C17H28N6S2. The molecule has 0 saturated carbocycles. The lowest BCUT2D eigenvalue weighted by Gasteiger charge is -2.38. The molecule has 0 bridgehead atoms. The molecule has 1 aromatic rings. The van der Waals surface area contributed by atoms with Crippen molar-refractivity contribution >= 4 is 33.8 Å². The van der Waals surface area contributed by atoms with Gasteiger partial charge in [0.05, 0.1) is 15.7 Å². The Balaban J connectivity index is 1.27. The van der Waals surface area contributed by atoms with Crippen molar-refractivity contribution in [2.75, 3.05) is 68.4 Å². The topological polar surface area (TPSA) is 51.0 Å². The van der Waals surface area contributed by atoms with Gasteiger partial charge in [0.2, 0.25) is 0 Å². The fourth-order valence-electron chi connectivity index (χ4n) is 3.48. The fraction of sp³-hybridized carbons (Fsp3) is 0.647. The SMILES string of the molecule is NN1CCN(c2cc(NN3CCN(C4=CCCCS4)CC3)cs2)CC1. The molecule has 8 heteroatoms. The summed E-state index contributed by atoms with van der Waals surface area (Å²) in [6.07, 6.45) is 5.00. The molecule has 0 radical (unpaired) electrons. The van der Waals surface area contributed by atoms with Gasteiger partial charge in [0.15, 0.2) is 0 Å². The molecule has 0 unspecified atom stereocenters. The number of hydrogen-bond donors (Lipinski definition) is 2. The number of nitrogens with one attached hydrogen (secondary N) is 1. The van der Waals surface area contributed by atoms with Crippen molar-refractivity contribution in [1.29, 1.82) is 0 Å². The van der Waals surface area contributed by atoms with Crippen LogP contribution in [0, 0.1) is 0 Å². The van der Waals surface area contributed by atoms with E-state index in [-0.39, 0.29) is 0 Å². The molecule has 6 nitrogen and oxygen atoms in total. The lowest BCUT2D eigenvalue weighted by Crippen LogP contribution is -2.49. The molecule has 2 saturated heterocycles. The molecule has 3 aliphatic heterocycles. The van der Waals surface area contributed by atoms with Gasteiger partial charge in [0, 0.05) is 57.7 Å². The molecule has 3 aliphatic rings. The molecule has 0 spiro atoms. The van der Waals surface area contributed by atoms with Gasteiger partial charge in [-0.05, 0) is 24.7 Å². The number of hydrogen-bond acceptors (Lipinski definition) is 8. The Morgan fingerprint density at radius 1 is 0.960 bits per heavy atom. The van der Waals surface area contributed by atoms with Gasteiger partial charge in [0.25, 0.3) is 0 Å². The summed E-state index contributed by atoms with van der Waals surface area (Å²) >= 11 is 3.85. The summed E-state index contributed by atoms with van der Waals surface area (Å²) in [6, 6.07) is 2.28. The van der Waals surface area contributed by atoms with E-state index in [1.165, 1.54) is 34.3 Å². The van der Waals surface area contributed by atoms with Gasteiger partial charge in [0.1, 0.15) is 0 Å². The lowest BCUT2D eigenvalue weighted by atomic mass is 10.3. The van der Waals surface area contributed by atoms with Crippen LogP contribution >= 0.6 is 23.1 Å². The number of thiophene rings is 1. The summed E-state index contributed by atoms with van der Waals surface area (Å²) in [4.78, 5) is 4.98. The largest absolute Gasteiger partial charge is 0.364 e. The second-order valence-electron chi connectivity index (χ2n) is 6.82. The van der Waals surface area contributed by atoms with Crippen LogP contribution in [0.1, 0.15) is 12.8 Å². The molecule has 1 aromatic heterocycles. The average Bonchev–Trinajstić information content (AvgIpc) is 3.12. The van der Waals surface area contributed by atoms with Crippen LogP contribution in [-0.2, 0) is 0 Å². The first-order valence-corrected chi connectivity index (χ1v) is 11.1. The number of allylic oxidation sites excluding steroid dienone is 1. The van der Waals surface area contributed by atoms with Gasteiger partial charge in [-0.25, -0.2) is 10.0 Å². The minimum atomic E-state index is 0.941. The Kier molecular flexibility index (Phi) is 5.72. The van der Waals surface area contributed by atoms with E-state index >= 15 is 0 Å². The van der Waals surface area contributed by atoms with E-state index < -0.39 is 0 Å². The second-order valence-corrected chi connectivity index (χ2v) is 8.82. The Morgan fingerprint density at radius 3 is 2.44 bits per heavy atom. The van der Waals surface area contributed by atoms with Gasteiger partial charge < -0.3 is 15.2 Å². The van der Waals surface area contributed by atoms with Crippen LogP contribution in [0.5, 0.6) is 0 Å². The quantitative estimate of drug-likeness (QED) is 0.776. The van der Waals surface area contributed by atoms with E-state index in [9.17, 15) is 0 Å². The molecule has 4 heterocycles. The predicted octanol–water partition coefficient (Wildman–Crippen LogP) is 2.06. The van der Waals surface area contributed by atoms with Gasteiger partial charge in [-0.1, -0.05) is 6.08 Å². The summed E-state index contributed by atoms with van der Waals surface area (Å²) < 4.78 is 0. The number of rotatable bonds is 4. The number of piperazine rings is 2.